The van der Waals surface area contributed by atoms with Gasteiger partial charge in [0.1, 0.15) is 4.90 Å². The van der Waals surface area contributed by atoms with Gasteiger partial charge in [-0.3, -0.25) is 9.52 Å². The summed E-state index contributed by atoms with van der Waals surface area (Å²) in [4.78, 5) is 23.8. The van der Waals surface area contributed by atoms with Gasteiger partial charge in [0.25, 0.3) is 10.0 Å². The van der Waals surface area contributed by atoms with Crippen LogP contribution in [-0.4, -0.2) is 24.5 Å². The third kappa shape index (κ3) is 3.04. The normalized spacial score (nSPS) is 11.0. The van der Waals surface area contributed by atoms with Crippen molar-refractivity contribution in [3.8, 4) is 0 Å². The van der Waals surface area contributed by atoms with Gasteiger partial charge in [-0.2, -0.15) is 0 Å². The first-order valence-corrected chi connectivity index (χ1v) is 6.92. The van der Waals surface area contributed by atoms with Gasteiger partial charge in [0, 0.05) is 18.0 Å². The molecular weight excluding hydrogens is 284 g/mol. The van der Waals surface area contributed by atoms with Gasteiger partial charge in [-0.25, -0.2) is 13.2 Å². The fourth-order valence-corrected chi connectivity index (χ4v) is 2.51. The Morgan fingerprint density at radius 2 is 1.95 bits per heavy atom. The standard InChI is InChI=1S/C12H10N2O5S/c15-11-5-4-10(7-13-11)20(18,19)14-9-3-1-2-8(6-9)12(16)17/h1-7,14H,(H,13,15)(H,16,17). The average molecular weight is 294 g/mol. The van der Waals surface area contributed by atoms with Crippen molar-refractivity contribution in [2.45, 2.75) is 4.90 Å². The Bertz CT molecular complexity index is 790. The number of H-pyrrole nitrogens is 1. The van der Waals surface area contributed by atoms with Crippen LogP contribution in [0.5, 0.6) is 0 Å². The average Bonchev–Trinajstić information content (AvgIpc) is 2.39. The summed E-state index contributed by atoms with van der Waals surface area (Å²) in [5.74, 6) is -1.16. The van der Waals surface area contributed by atoms with Crippen LogP contribution in [0.2, 0.25) is 0 Å². The zero-order chi connectivity index (χ0) is 14.8. The first-order valence-electron chi connectivity index (χ1n) is 5.43. The van der Waals surface area contributed by atoms with Gasteiger partial charge in [-0.05, 0) is 24.3 Å². The van der Waals surface area contributed by atoms with Crippen LogP contribution in [0, 0.1) is 0 Å². The number of anilines is 1. The second-order valence-electron chi connectivity index (χ2n) is 3.88. The third-order valence-corrected chi connectivity index (χ3v) is 3.81. The summed E-state index contributed by atoms with van der Waals surface area (Å²) in [6.07, 6.45) is 1.06. The summed E-state index contributed by atoms with van der Waals surface area (Å²) in [6.45, 7) is 0. The first-order chi connectivity index (χ1) is 9.38. The lowest BCUT2D eigenvalue weighted by atomic mass is 10.2. The van der Waals surface area contributed by atoms with E-state index in [0.717, 1.165) is 18.3 Å². The van der Waals surface area contributed by atoms with E-state index in [2.05, 4.69) is 9.71 Å². The Morgan fingerprint density at radius 3 is 2.55 bits per heavy atom. The third-order valence-electron chi connectivity index (χ3n) is 2.43. The molecule has 0 amide bonds. The molecule has 0 unspecified atom stereocenters. The molecule has 0 fully saturated rings. The number of aromatic nitrogens is 1. The Balaban J connectivity index is 2.33. The second kappa shape index (κ2) is 5.17. The van der Waals surface area contributed by atoms with E-state index in [4.69, 9.17) is 5.11 Å². The minimum Gasteiger partial charge on any atom is -0.478 e. The number of benzene rings is 1. The summed E-state index contributed by atoms with van der Waals surface area (Å²) in [6, 6.07) is 7.64. The highest BCUT2D eigenvalue weighted by Gasteiger charge is 2.15. The molecule has 1 aromatic heterocycles. The van der Waals surface area contributed by atoms with Gasteiger partial charge in [0.15, 0.2) is 0 Å². The Labute approximate surface area is 114 Å². The molecule has 0 saturated heterocycles. The van der Waals surface area contributed by atoms with Crippen molar-refractivity contribution < 1.29 is 18.3 Å². The van der Waals surface area contributed by atoms with Crippen LogP contribution in [0.4, 0.5) is 5.69 Å². The van der Waals surface area contributed by atoms with E-state index in [1.165, 1.54) is 24.3 Å². The number of pyridine rings is 1. The molecule has 0 aliphatic heterocycles. The minimum atomic E-state index is -3.89. The van der Waals surface area contributed by atoms with Crippen molar-refractivity contribution in [2.24, 2.45) is 0 Å². The number of aromatic amines is 1. The van der Waals surface area contributed by atoms with Gasteiger partial charge in [-0.15, -0.1) is 0 Å². The number of aromatic carboxylic acids is 1. The fourth-order valence-electron chi connectivity index (χ4n) is 1.49. The molecule has 0 atom stereocenters. The Kier molecular flexibility index (Phi) is 3.57. The van der Waals surface area contributed by atoms with Crippen molar-refractivity contribution in [1.29, 1.82) is 0 Å². The highest BCUT2D eigenvalue weighted by Crippen LogP contribution is 2.16. The molecular formula is C12H10N2O5S. The lowest BCUT2D eigenvalue weighted by Crippen LogP contribution is -2.15. The number of carboxylic acid groups (broad SMARTS) is 1. The van der Waals surface area contributed by atoms with Crippen LogP contribution in [-0.2, 0) is 10.0 Å². The summed E-state index contributed by atoms with van der Waals surface area (Å²) in [5.41, 5.74) is -0.334. The number of nitrogens with one attached hydrogen (secondary N) is 2. The molecule has 104 valence electrons. The van der Waals surface area contributed by atoms with Gasteiger partial charge >= 0.3 is 5.97 Å². The molecule has 1 heterocycles. The zero-order valence-electron chi connectivity index (χ0n) is 10.0. The zero-order valence-corrected chi connectivity index (χ0v) is 10.8. The van der Waals surface area contributed by atoms with Crippen LogP contribution in [0.3, 0.4) is 0 Å². The van der Waals surface area contributed by atoms with E-state index >= 15 is 0 Å². The van der Waals surface area contributed by atoms with Crippen LogP contribution < -0.4 is 10.3 Å². The number of carbonyl (C=O) groups is 1. The molecule has 7 nitrogen and oxygen atoms in total. The summed E-state index contributed by atoms with van der Waals surface area (Å²) >= 11 is 0. The first kappa shape index (κ1) is 13.8. The van der Waals surface area contributed by atoms with Crippen molar-refractivity contribution >= 4 is 21.7 Å². The molecule has 2 aromatic rings. The molecule has 0 spiro atoms. The largest absolute Gasteiger partial charge is 0.478 e. The van der Waals surface area contributed by atoms with Crippen molar-refractivity contribution in [3.63, 3.8) is 0 Å². The predicted molar refractivity (Wildman–Crippen MR) is 71.3 cm³/mol. The molecule has 8 heteroatoms. The summed E-state index contributed by atoms with van der Waals surface area (Å²) in [5, 5.41) is 8.84. The molecule has 0 aliphatic rings. The maximum atomic E-state index is 12.0. The van der Waals surface area contributed by atoms with Crippen molar-refractivity contribution in [1.82, 2.24) is 4.98 Å². The van der Waals surface area contributed by atoms with Crippen LogP contribution in [0.25, 0.3) is 0 Å². The summed E-state index contributed by atoms with van der Waals surface area (Å²) < 4.78 is 26.3. The van der Waals surface area contributed by atoms with E-state index in [1.807, 2.05) is 0 Å². The topological polar surface area (TPSA) is 116 Å². The molecule has 0 saturated carbocycles. The maximum absolute atomic E-state index is 12.0. The SMILES string of the molecule is O=C(O)c1cccc(NS(=O)(=O)c2ccc(=O)[nH]c2)c1. The molecule has 1 aromatic carbocycles. The summed E-state index contributed by atoms with van der Waals surface area (Å²) in [7, 11) is -3.89. The van der Waals surface area contributed by atoms with Gasteiger partial charge in [0.05, 0.1) is 5.56 Å². The van der Waals surface area contributed by atoms with E-state index in [1.54, 1.807) is 0 Å². The second-order valence-corrected chi connectivity index (χ2v) is 5.56. The lowest BCUT2D eigenvalue weighted by Gasteiger charge is -2.08. The fraction of sp³-hybridized carbons (Fsp3) is 0. The Morgan fingerprint density at radius 1 is 1.20 bits per heavy atom. The Hall–Kier alpha value is -2.61. The predicted octanol–water partition coefficient (Wildman–Crippen LogP) is 0.874. The minimum absolute atomic E-state index is 0.0355. The number of sulfonamides is 1. The smallest absolute Gasteiger partial charge is 0.335 e. The highest BCUT2D eigenvalue weighted by molar-refractivity contribution is 7.92. The highest BCUT2D eigenvalue weighted by atomic mass is 32.2. The van der Waals surface area contributed by atoms with Crippen LogP contribution in [0.15, 0.2) is 52.3 Å². The number of hydrogen-bond acceptors (Lipinski definition) is 4. The van der Waals surface area contributed by atoms with E-state index in [-0.39, 0.29) is 16.1 Å². The van der Waals surface area contributed by atoms with Gasteiger partial charge in [-0.1, -0.05) is 6.07 Å². The van der Waals surface area contributed by atoms with Crippen LogP contribution in [0.1, 0.15) is 10.4 Å². The molecule has 2 rings (SSSR count). The van der Waals surface area contributed by atoms with Crippen LogP contribution >= 0.6 is 0 Å². The maximum Gasteiger partial charge on any atom is 0.335 e. The lowest BCUT2D eigenvalue weighted by molar-refractivity contribution is 0.0697. The van der Waals surface area contributed by atoms with E-state index < -0.39 is 21.6 Å². The van der Waals surface area contributed by atoms with Gasteiger partial charge < -0.3 is 10.1 Å². The van der Waals surface area contributed by atoms with Crippen molar-refractivity contribution in [2.75, 3.05) is 4.72 Å². The quantitative estimate of drug-likeness (QED) is 0.773. The molecule has 0 aliphatic carbocycles. The molecule has 3 N–H and O–H groups in total. The number of carboxylic acids is 1. The van der Waals surface area contributed by atoms with Crippen molar-refractivity contribution in [3.05, 3.63) is 58.5 Å². The van der Waals surface area contributed by atoms with Gasteiger partial charge in [0.2, 0.25) is 5.56 Å². The molecule has 0 radical (unpaired) electrons. The monoisotopic (exact) mass is 294 g/mol. The van der Waals surface area contributed by atoms with E-state index in [0.29, 0.717) is 0 Å². The number of hydrogen-bond donors (Lipinski definition) is 3. The van der Waals surface area contributed by atoms with E-state index in [9.17, 15) is 18.0 Å². The number of rotatable bonds is 4. The molecule has 0 bridgehead atoms. The molecule has 20 heavy (non-hydrogen) atoms.